The summed E-state index contributed by atoms with van der Waals surface area (Å²) in [4.78, 5) is 14.5. The molecule has 5 nitrogen and oxygen atoms in total. The van der Waals surface area contributed by atoms with Gasteiger partial charge in [-0.05, 0) is 23.3 Å². The molecule has 1 saturated heterocycles. The van der Waals surface area contributed by atoms with Crippen LogP contribution in [0.25, 0.3) is 10.9 Å². The number of fused-ring (bicyclic) bond motifs is 1. The molecule has 31 heavy (non-hydrogen) atoms. The number of nitrogens with one attached hydrogen (secondary N) is 1. The van der Waals surface area contributed by atoms with Gasteiger partial charge in [0.2, 0.25) is 5.95 Å². The third kappa shape index (κ3) is 3.97. The smallest absolute Gasteiger partial charge is 0.227 e. The summed E-state index contributed by atoms with van der Waals surface area (Å²) in [6.45, 7) is 3.72. The van der Waals surface area contributed by atoms with Gasteiger partial charge in [-0.2, -0.15) is 4.98 Å². The normalized spacial score (nSPS) is 14.8. The van der Waals surface area contributed by atoms with E-state index in [2.05, 4.69) is 87.9 Å². The zero-order valence-electron chi connectivity index (χ0n) is 17.8. The zero-order chi connectivity index (χ0) is 21.0. The number of piperazine rings is 1. The molecular formula is C26H27N5. The number of nitrogens with zero attached hydrogens (tertiary/aromatic N) is 4. The van der Waals surface area contributed by atoms with Crippen LogP contribution in [0.15, 0.2) is 84.9 Å². The Bertz CT molecular complexity index is 1100. The van der Waals surface area contributed by atoms with Gasteiger partial charge in [0.05, 0.1) is 11.6 Å². The van der Waals surface area contributed by atoms with Crippen molar-refractivity contribution in [1.82, 2.24) is 14.9 Å². The largest absolute Gasteiger partial charge is 0.372 e. The van der Waals surface area contributed by atoms with Crippen LogP contribution in [0.5, 0.6) is 0 Å². The zero-order valence-corrected chi connectivity index (χ0v) is 17.8. The highest BCUT2D eigenvalue weighted by Gasteiger charge is 2.27. The van der Waals surface area contributed by atoms with Crippen LogP contribution in [-0.2, 0) is 0 Å². The molecule has 1 aliphatic heterocycles. The summed E-state index contributed by atoms with van der Waals surface area (Å²) >= 11 is 0. The summed E-state index contributed by atoms with van der Waals surface area (Å²) in [5.41, 5.74) is 3.65. The van der Waals surface area contributed by atoms with Gasteiger partial charge in [-0.15, -0.1) is 0 Å². The molecule has 5 rings (SSSR count). The fourth-order valence-corrected chi connectivity index (χ4v) is 4.46. The Morgan fingerprint density at radius 3 is 1.90 bits per heavy atom. The molecule has 1 aromatic heterocycles. The molecule has 4 aromatic rings. The lowest BCUT2D eigenvalue weighted by Crippen LogP contribution is -2.48. The van der Waals surface area contributed by atoms with E-state index in [-0.39, 0.29) is 6.04 Å². The Morgan fingerprint density at radius 1 is 0.710 bits per heavy atom. The third-order valence-electron chi connectivity index (χ3n) is 6.02. The van der Waals surface area contributed by atoms with E-state index in [1.54, 1.807) is 0 Å². The Labute approximate surface area is 183 Å². The summed E-state index contributed by atoms with van der Waals surface area (Å²) in [6.07, 6.45) is 0. The van der Waals surface area contributed by atoms with E-state index in [0.29, 0.717) is 0 Å². The second-order valence-electron chi connectivity index (χ2n) is 7.89. The van der Waals surface area contributed by atoms with Crippen molar-refractivity contribution < 1.29 is 0 Å². The third-order valence-corrected chi connectivity index (χ3v) is 6.02. The van der Waals surface area contributed by atoms with Gasteiger partial charge in [0, 0.05) is 38.6 Å². The van der Waals surface area contributed by atoms with Crippen molar-refractivity contribution in [3.63, 3.8) is 0 Å². The molecule has 1 fully saturated rings. The van der Waals surface area contributed by atoms with Gasteiger partial charge in [0.1, 0.15) is 5.82 Å². The molecule has 3 aromatic carbocycles. The molecule has 1 aliphatic rings. The maximum atomic E-state index is 4.85. The summed E-state index contributed by atoms with van der Waals surface area (Å²) in [6, 6.07) is 30.0. The Morgan fingerprint density at radius 2 is 1.29 bits per heavy atom. The Hall–Kier alpha value is -3.44. The SMILES string of the molecule is CNc1nc(N2CCN(C(c3ccccc3)c3ccccc3)CC2)nc2ccccc12. The van der Waals surface area contributed by atoms with Crippen molar-refractivity contribution in [2.75, 3.05) is 43.4 Å². The summed E-state index contributed by atoms with van der Waals surface area (Å²) in [5.74, 6) is 1.69. The van der Waals surface area contributed by atoms with Crippen molar-refractivity contribution in [2.24, 2.45) is 0 Å². The Balaban J connectivity index is 1.40. The lowest BCUT2D eigenvalue weighted by Gasteiger charge is -2.39. The lowest BCUT2D eigenvalue weighted by molar-refractivity contribution is 0.211. The van der Waals surface area contributed by atoms with Gasteiger partial charge in [-0.25, -0.2) is 4.98 Å². The first-order chi connectivity index (χ1) is 15.3. The van der Waals surface area contributed by atoms with E-state index in [4.69, 9.17) is 9.97 Å². The number of benzene rings is 3. The molecule has 0 saturated carbocycles. The van der Waals surface area contributed by atoms with Gasteiger partial charge < -0.3 is 10.2 Å². The minimum absolute atomic E-state index is 0.259. The van der Waals surface area contributed by atoms with Crippen LogP contribution in [0.4, 0.5) is 11.8 Å². The van der Waals surface area contributed by atoms with E-state index in [9.17, 15) is 0 Å². The van der Waals surface area contributed by atoms with E-state index in [1.807, 2.05) is 19.2 Å². The number of hydrogen-bond acceptors (Lipinski definition) is 5. The van der Waals surface area contributed by atoms with Crippen LogP contribution in [0.1, 0.15) is 17.2 Å². The predicted octanol–water partition coefficient (Wildman–Crippen LogP) is 4.58. The number of rotatable bonds is 5. The topological polar surface area (TPSA) is 44.3 Å². The van der Waals surface area contributed by atoms with Crippen LogP contribution in [0.2, 0.25) is 0 Å². The van der Waals surface area contributed by atoms with Crippen molar-refractivity contribution >= 4 is 22.7 Å². The fourth-order valence-electron chi connectivity index (χ4n) is 4.46. The summed E-state index contributed by atoms with van der Waals surface area (Å²) in [5, 5.41) is 4.29. The maximum absolute atomic E-state index is 4.85. The van der Waals surface area contributed by atoms with Crippen LogP contribution in [0, 0.1) is 0 Å². The molecule has 0 aliphatic carbocycles. The predicted molar refractivity (Wildman–Crippen MR) is 128 cm³/mol. The molecule has 2 heterocycles. The molecule has 0 atom stereocenters. The molecule has 5 heteroatoms. The first-order valence-corrected chi connectivity index (χ1v) is 10.9. The number of aromatic nitrogens is 2. The average Bonchev–Trinajstić information content (AvgIpc) is 2.85. The molecule has 0 spiro atoms. The second kappa shape index (κ2) is 8.74. The molecule has 0 unspecified atom stereocenters. The molecule has 156 valence electrons. The Kier molecular flexibility index (Phi) is 5.50. The first kappa shape index (κ1) is 19.5. The lowest BCUT2D eigenvalue weighted by atomic mass is 9.96. The van der Waals surface area contributed by atoms with Gasteiger partial charge in [-0.3, -0.25) is 4.90 Å². The van der Waals surface area contributed by atoms with Crippen molar-refractivity contribution in [2.45, 2.75) is 6.04 Å². The minimum Gasteiger partial charge on any atom is -0.372 e. The van der Waals surface area contributed by atoms with Gasteiger partial charge in [0.15, 0.2) is 0 Å². The quantitative estimate of drug-likeness (QED) is 0.523. The highest BCUT2D eigenvalue weighted by Crippen LogP contribution is 2.30. The second-order valence-corrected chi connectivity index (χ2v) is 7.89. The van der Waals surface area contributed by atoms with Crippen molar-refractivity contribution in [1.29, 1.82) is 0 Å². The number of anilines is 2. The van der Waals surface area contributed by atoms with Gasteiger partial charge in [0.25, 0.3) is 0 Å². The van der Waals surface area contributed by atoms with Crippen LogP contribution in [-0.4, -0.2) is 48.1 Å². The summed E-state index contributed by atoms with van der Waals surface area (Å²) < 4.78 is 0. The highest BCUT2D eigenvalue weighted by molar-refractivity contribution is 5.89. The van der Waals surface area contributed by atoms with Crippen LogP contribution >= 0.6 is 0 Å². The molecule has 0 radical (unpaired) electrons. The first-order valence-electron chi connectivity index (χ1n) is 10.9. The molecular weight excluding hydrogens is 382 g/mol. The van der Waals surface area contributed by atoms with Crippen LogP contribution in [0.3, 0.4) is 0 Å². The fraction of sp³-hybridized carbons (Fsp3) is 0.231. The molecule has 0 amide bonds. The molecule has 0 bridgehead atoms. The van der Waals surface area contributed by atoms with Gasteiger partial charge >= 0.3 is 0 Å². The van der Waals surface area contributed by atoms with Crippen molar-refractivity contribution in [3.8, 4) is 0 Å². The van der Waals surface area contributed by atoms with E-state index in [1.165, 1.54) is 11.1 Å². The van der Waals surface area contributed by atoms with Crippen LogP contribution < -0.4 is 10.2 Å². The number of hydrogen-bond donors (Lipinski definition) is 1. The monoisotopic (exact) mass is 409 g/mol. The number of para-hydroxylation sites is 1. The van der Waals surface area contributed by atoms with Crippen molar-refractivity contribution in [3.05, 3.63) is 96.1 Å². The minimum atomic E-state index is 0.259. The maximum Gasteiger partial charge on any atom is 0.227 e. The van der Waals surface area contributed by atoms with E-state index < -0.39 is 0 Å². The average molecular weight is 410 g/mol. The highest BCUT2D eigenvalue weighted by atomic mass is 15.3. The molecule has 1 N–H and O–H groups in total. The van der Waals surface area contributed by atoms with E-state index >= 15 is 0 Å². The van der Waals surface area contributed by atoms with Gasteiger partial charge in [-0.1, -0.05) is 72.8 Å². The summed E-state index contributed by atoms with van der Waals surface area (Å²) in [7, 11) is 1.92. The standard InChI is InChI=1S/C26H27N5/c1-27-25-22-14-8-9-15-23(22)28-26(29-25)31-18-16-30(17-19-31)24(20-10-4-2-5-11-20)21-12-6-3-7-13-21/h2-15,24H,16-19H2,1H3,(H,27,28,29). The van der Waals surface area contributed by atoms with E-state index in [0.717, 1.165) is 48.8 Å².